The Kier molecular flexibility index (Phi) is 3.60. The van der Waals surface area contributed by atoms with Crippen LogP contribution in [0.5, 0.6) is 0 Å². The van der Waals surface area contributed by atoms with Crippen LogP contribution < -0.4 is 5.73 Å². The summed E-state index contributed by atoms with van der Waals surface area (Å²) < 4.78 is 13.5. The zero-order valence-electron chi connectivity index (χ0n) is 11.3. The minimum absolute atomic E-state index is 0.0362. The van der Waals surface area contributed by atoms with Gasteiger partial charge in [-0.2, -0.15) is 0 Å². The number of nitrogens with zero attached hydrogens (tertiary/aromatic N) is 1. The number of imide groups is 1. The van der Waals surface area contributed by atoms with E-state index in [1.54, 1.807) is 19.9 Å². The largest absolute Gasteiger partial charge is 0.389 e. The molecule has 2 N–H and O–H groups in total. The molecule has 0 spiro atoms. The van der Waals surface area contributed by atoms with Gasteiger partial charge in [0.05, 0.1) is 12.0 Å². The van der Waals surface area contributed by atoms with Gasteiger partial charge in [0.1, 0.15) is 10.8 Å². The number of thiocarbonyl (C=S) groups is 1. The molecule has 1 heterocycles. The second-order valence-electron chi connectivity index (χ2n) is 5.56. The second kappa shape index (κ2) is 4.94. The summed E-state index contributed by atoms with van der Waals surface area (Å²) in [5.41, 5.74) is 5.65. The number of hydrogen-bond donors (Lipinski definition) is 1. The Labute approximate surface area is 121 Å². The van der Waals surface area contributed by atoms with E-state index in [0.29, 0.717) is 11.1 Å². The first-order chi connectivity index (χ1) is 9.20. The average molecular weight is 294 g/mol. The first-order valence-corrected chi connectivity index (χ1v) is 6.55. The number of amides is 2. The summed E-state index contributed by atoms with van der Waals surface area (Å²) >= 11 is 4.81. The Morgan fingerprint density at radius 2 is 2.05 bits per heavy atom. The number of nitrogens with two attached hydrogens (primary N) is 1. The van der Waals surface area contributed by atoms with Crippen molar-refractivity contribution >= 4 is 29.0 Å². The molecule has 1 aliphatic rings. The monoisotopic (exact) mass is 294 g/mol. The van der Waals surface area contributed by atoms with Crippen LogP contribution in [0.3, 0.4) is 0 Å². The van der Waals surface area contributed by atoms with Gasteiger partial charge in [0.15, 0.2) is 0 Å². The SMILES string of the molecule is CC1(C)CC(=O)N(Cc2cc(F)cc(C(N)=S)c2)C1=O. The van der Waals surface area contributed by atoms with Gasteiger partial charge in [0.2, 0.25) is 11.8 Å². The van der Waals surface area contributed by atoms with Crippen LogP contribution in [-0.4, -0.2) is 21.7 Å². The first-order valence-electron chi connectivity index (χ1n) is 6.15. The van der Waals surface area contributed by atoms with E-state index in [-0.39, 0.29) is 29.8 Å². The molecule has 6 heteroatoms. The summed E-state index contributed by atoms with van der Waals surface area (Å²) in [6, 6.07) is 4.09. The molecule has 0 unspecified atom stereocenters. The molecule has 1 fully saturated rings. The molecule has 106 valence electrons. The molecule has 20 heavy (non-hydrogen) atoms. The summed E-state index contributed by atoms with van der Waals surface area (Å²) in [5, 5.41) is 0. The molecule has 1 aromatic carbocycles. The third kappa shape index (κ3) is 2.70. The van der Waals surface area contributed by atoms with Gasteiger partial charge in [-0.15, -0.1) is 0 Å². The molecule has 0 bridgehead atoms. The van der Waals surface area contributed by atoms with Crippen molar-refractivity contribution in [1.82, 2.24) is 4.90 Å². The van der Waals surface area contributed by atoms with Crippen molar-refractivity contribution in [3.63, 3.8) is 0 Å². The fourth-order valence-electron chi connectivity index (χ4n) is 2.25. The number of benzene rings is 1. The van der Waals surface area contributed by atoms with Gasteiger partial charge in [-0.25, -0.2) is 4.39 Å². The summed E-state index contributed by atoms with van der Waals surface area (Å²) in [5.74, 6) is -0.992. The lowest BCUT2D eigenvalue weighted by Crippen LogP contribution is -2.32. The van der Waals surface area contributed by atoms with Crippen molar-refractivity contribution in [2.24, 2.45) is 11.1 Å². The van der Waals surface area contributed by atoms with Crippen LogP contribution in [0.25, 0.3) is 0 Å². The number of carbonyl (C=O) groups excluding carboxylic acids is 2. The van der Waals surface area contributed by atoms with Gasteiger partial charge in [0.25, 0.3) is 0 Å². The highest BCUT2D eigenvalue weighted by Crippen LogP contribution is 2.32. The minimum atomic E-state index is -0.698. The molecule has 0 aromatic heterocycles. The molecule has 1 aromatic rings. The van der Waals surface area contributed by atoms with Crippen LogP contribution in [0, 0.1) is 11.2 Å². The fourth-order valence-corrected chi connectivity index (χ4v) is 2.37. The van der Waals surface area contributed by atoms with E-state index in [0.717, 1.165) is 4.90 Å². The van der Waals surface area contributed by atoms with E-state index in [4.69, 9.17) is 18.0 Å². The standard InChI is InChI=1S/C14H15FN2O2S/c1-14(2)6-11(18)17(13(14)19)7-8-3-9(12(16)20)5-10(15)4-8/h3-5H,6-7H2,1-2H3,(H2,16,20). The number of likely N-dealkylation sites (tertiary alicyclic amines) is 1. The van der Waals surface area contributed by atoms with Crippen LogP contribution in [0.2, 0.25) is 0 Å². The van der Waals surface area contributed by atoms with Crippen LogP contribution in [-0.2, 0) is 16.1 Å². The normalized spacial score (nSPS) is 17.6. The van der Waals surface area contributed by atoms with Crippen molar-refractivity contribution in [2.75, 3.05) is 0 Å². The van der Waals surface area contributed by atoms with Crippen LogP contribution in [0.1, 0.15) is 31.4 Å². The number of carbonyl (C=O) groups is 2. The molecule has 0 radical (unpaired) electrons. The van der Waals surface area contributed by atoms with Crippen molar-refractivity contribution < 1.29 is 14.0 Å². The van der Waals surface area contributed by atoms with Gasteiger partial charge in [-0.3, -0.25) is 14.5 Å². The Morgan fingerprint density at radius 1 is 1.40 bits per heavy atom. The van der Waals surface area contributed by atoms with Crippen molar-refractivity contribution in [1.29, 1.82) is 0 Å². The highest BCUT2D eigenvalue weighted by atomic mass is 32.1. The third-order valence-electron chi connectivity index (χ3n) is 3.30. The summed E-state index contributed by atoms with van der Waals surface area (Å²) in [6.07, 6.45) is 0.170. The zero-order valence-corrected chi connectivity index (χ0v) is 12.1. The fraction of sp³-hybridized carbons (Fsp3) is 0.357. The first kappa shape index (κ1) is 14.6. The lowest BCUT2D eigenvalue weighted by atomic mass is 9.92. The van der Waals surface area contributed by atoms with Gasteiger partial charge in [0, 0.05) is 12.0 Å². The van der Waals surface area contributed by atoms with Crippen molar-refractivity contribution in [3.05, 3.63) is 35.1 Å². The lowest BCUT2D eigenvalue weighted by Gasteiger charge is -2.18. The predicted octanol–water partition coefficient (Wildman–Crippen LogP) is 1.75. The van der Waals surface area contributed by atoms with Crippen LogP contribution in [0.15, 0.2) is 18.2 Å². The van der Waals surface area contributed by atoms with E-state index in [2.05, 4.69) is 0 Å². The van der Waals surface area contributed by atoms with E-state index in [1.807, 2.05) is 0 Å². The molecule has 0 atom stereocenters. The molecule has 4 nitrogen and oxygen atoms in total. The quantitative estimate of drug-likeness (QED) is 0.681. The number of rotatable bonds is 3. The Morgan fingerprint density at radius 3 is 2.55 bits per heavy atom. The van der Waals surface area contributed by atoms with Gasteiger partial charge in [-0.05, 0) is 23.8 Å². The van der Waals surface area contributed by atoms with E-state index in [1.165, 1.54) is 12.1 Å². The smallest absolute Gasteiger partial charge is 0.235 e. The van der Waals surface area contributed by atoms with Gasteiger partial charge >= 0.3 is 0 Å². The third-order valence-corrected chi connectivity index (χ3v) is 3.54. The van der Waals surface area contributed by atoms with Gasteiger partial charge in [-0.1, -0.05) is 26.1 Å². The Hall–Kier alpha value is -1.82. The minimum Gasteiger partial charge on any atom is -0.389 e. The summed E-state index contributed by atoms with van der Waals surface area (Å²) in [4.78, 5) is 25.2. The molecular weight excluding hydrogens is 279 g/mol. The Balaban J connectivity index is 2.29. The lowest BCUT2D eigenvalue weighted by molar-refractivity contribution is -0.141. The maximum Gasteiger partial charge on any atom is 0.235 e. The molecule has 1 saturated heterocycles. The molecule has 2 amide bonds. The zero-order chi connectivity index (χ0) is 15.1. The highest BCUT2D eigenvalue weighted by molar-refractivity contribution is 7.80. The van der Waals surface area contributed by atoms with E-state index >= 15 is 0 Å². The molecule has 0 aliphatic carbocycles. The Bertz CT molecular complexity index is 613. The van der Waals surface area contributed by atoms with Crippen LogP contribution >= 0.6 is 12.2 Å². The number of halogens is 1. The van der Waals surface area contributed by atoms with E-state index < -0.39 is 11.2 Å². The predicted molar refractivity (Wildman–Crippen MR) is 76.2 cm³/mol. The summed E-state index contributed by atoms with van der Waals surface area (Å²) in [6.45, 7) is 3.48. The molecule has 0 saturated carbocycles. The van der Waals surface area contributed by atoms with Crippen LogP contribution in [0.4, 0.5) is 4.39 Å². The maximum atomic E-state index is 13.5. The van der Waals surface area contributed by atoms with Gasteiger partial charge < -0.3 is 5.73 Å². The molecular formula is C14H15FN2O2S. The van der Waals surface area contributed by atoms with Crippen molar-refractivity contribution in [2.45, 2.75) is 26.8 Å². The highest BCUT2D eigenvalue weighted by Gasteiger charge is 2.44. The van der Waals surface area contributed by atoms with E-state index in [9.17, 15) is 14.0 Å². The van der Waals surface area contributed by atoms with Crippen molar-refractivity contribution in [3.8, 4) is 0 Å². The second-order valence-corrected chi connectivity index (χ2v) is 6.00. The number of hydrogen-bond acceptors (Lipinski definition) is 3. The molecule has 2 rings (SSSR count). The summed E-state index contributed by atoms with van der Waals surface area (Å²) in [7, 11) is 0. The topological polar surface area (TPSA) is 63.4 Å². The average Bonchev–Trinajstić information content (AvgIpc) is 2.51. The molecule has 1 aliphatic heterocycles. The maximum absolute atomic E-state index is 13.5.